The van der Waals surface area contributed by atoms with E-state index in [4.69, 9.17) is 8.94 Å². The highest BCUT2D eigenvalue weighted by Gasteiger charge is 2.22. The van der Waals surface area contributed by atoms with Gasteiger partial charge >= 0.3 is 0 Å². The standard InChI is InChI=1S/C17H18N2O4S/c1-4-13-5-7-14(8-6-13)19-24(20,21)16-10-9-15(22-16)17-11(2)12(3)18-23-17/h5-10,19H,4H2,1-3H3. The third kappa shape index (κ3) is 3.07. The molecule has 0 aliphatic carbocycles. The molecule has 0 bridgehead atoms. The Morgan fingerprint density at radius 1 is 1.08 bits per heavy atom. The lowest BCUT2D eigenvalue weighted by Gasteiger charge is -2.06. The van der Waals surface area contributed by atoms with Gasteiger partial charge < -0.3 is 8.94 Å². The van der Waals surface area contributed by atoms with Crippen molar-refractivity contribution in [3.05, 3.63) is 53.2 Å². The summed E-state index contributed by atoms with van der Waals surface area (Å²) in [7, 11) is -3.80. The lowest BCUT2D eigenvalue weighted by Crippen LogP contribution is -2.12. The molecule has 24 heavy (non-hydrogen) atoms. The van der Waals surface area contributed by atoms with Crippen molar-refractivity contribution in [2.45, 2.75) is 32.3 Å². The number of anilines is 1. The molecule has 0 amide bonds. The summed E-state index contributed by atoms with van der Waals surface area (Å²) in [5.74, 6) is 0.760. The number of hydrogen-bond donors (Lipinski definition) is 1. The summed E-state index contributed by atoms with van der Waals surface area (Å²) in [5, 5.41) is 3.67. The predicted molar refractivity (Wildman–Crippen MR) is 90.3 cm³/mol. The summed E-state index contributed by atoms with van der Waals surface area (Å²) in [6.07, 6.45) is 0.893. The Labute approximate surface area is 140 Å². The number of aromatic nitrogens is 1. The van der Waals surface area contributed by atoms with Crippen molar-refractivity contribution in [3.63, 3.8) is 0 Å². The van der Waals surface area contributed by atoms with Gasteiger partial charge in [0.25, 0.3) is 10.0 Å². The molecule has 0 aliphatic heterocycles. The van der Waals surface area contributed by atoms with Crippen LogP contribution in [0.2, 0.25) is 0 Å². The number of sulfonamides is 1. The van der Waals surface area contributed by atoms with Crippen LogP contribution in [0.3, 0.4) is 0 Å². The minimum atomic E-state index is -3.80. The first-order valence-corrected chi connectivity index (χ1v) is 9.04. The van der Waals surface area contributed by atoms with Crippen LogP contribution >= 0.6 is 0 Å². The minimum Gasteiger partial charge on any atom is -0.439 e. The number of aryl methyl sites for hydroxylation is 2. The van der Waals surface area contributed by atoms with Crippen molar-refractivity contribution < 1.29 is 17.4 Å². The first-order chi connectivity index (χ1) is 11.4. The van der Waals surface area contributed by atoms with Gasteiger partial charge in [-0.1, -0.05) is 24.2 Å². The Balaban J connectivity index is 1.86. The molecule has 1 N–H and O–H groups in total. The number of nitrogens with one attached hydrogen (secondary N) is 1. The quantitative estimate of drug-likeness (QED) is 0.757. The van der Waals surface area contributed by atoms with Gasteiger partial charge in [0.1, 0.15) is 0 Å². The van der Waals surface area contributed by atoms with Crippen molar-refractivity contribution in [2.75, 3.05) is 4.72 Å². The van der Waals surface area contributed by atoms with Crippen molar-refractivity contribution >= 4 is 15.7 Å². The van der Waals surface area contributed by atoms with Crippen LogP contribution in [0.4, 0.5) is 5.69 Å². The fourth-order valence-electron chi connectivity index (χ4n) is 2.25. The van der Waals surface area contributed by atoms with E-state index in [1.807, 2.05) is 32.9 Å². The number of hydrogen-bond acceptors (Lipinski definition) is 5. The number of rotatable bonds is 5. The zero-order chi connectivity index (χ0) is 17.3. The molecule has 126 valence electrons. The minimum absolute atomic E-state index is 0.175. The third-order valence-corrected chi connectivity index (χ3v) is 5.10. The van der Waals surface area contributed by atoms with Crippen LogP contribution in [-0.4, -0.2) is 13.6 Å². The molecule has 3 aromatic rings. The molecule has 2 heterocycles. The predicted octanol–water partition coefficient (Wildman–Crippen LogP) is 3.91. The van der Waals surface area contributed by atoms with E-state index in [2.05, 4.69) is 9.88 Å². The Morgan fingerprint density at radius 2 is 1.79 bits per heavy atom. The van der Waals surface area contributed by atoms with E-state index in [1.165, 1.54) is 6.07 Å². The molecule has 0 fully saturated rings. The molecule has 7 heteroatoms. The van der Waals surface area contributed by atoms with E-state index in [-0.39, 0.29) is 5.09 Å². The van der Waals surface area contributed by atoms with E-state index in [1.54, 1.807) is 18.2 Å². The maximum Gasteiger partial charge on any atom is 0.295 e. The molecule has 6 nitrogen and oxygen atoms in total. The molecule has 0 spiro atoms. The maximum absolute atomic E-state index is 12.4. The molecule has 0 saturated carbocycles. The molecule has 0 atom stereocenters. The lowest BCUT2D eigenvalue weighted by molar-refractivity contribution is 0.398. The summed E-state index contributed by atoms with van der Waals surface area (Å²) >= 11 is 0. The first-order valence-electron chi connectivity index (χ1n) is 7.55. The summed E-state index contributed by atoms with van der Waals surface area (Å²) in [6.45, 7) is 5.69. The average Bonchev–Trinajstić information content (AvgIpc) is 3.16. The average molecular weight is 346 g/mol. The molecule has 1 aromatic carbocycles. The van der Waals surface area contributed by atoms with Crippen LogP contribution < -0.4 is 4.72 Å². The Bertz CT molecular complexity index is 953. The summed E-state index contributed by atoms with van der Waals surface area (Å²) in [5.41, 5.74) is 3.17. The summed E-state index contributed by atoms with van der Waals surface area (Å²) in [6, 6.07) is 10.2. The van der Waals surface area contributed by atoms with Gasteiger partial charge in [0.05, 0.1) is 5.69 Å². The highest BCUT2D eigenvalue weighted by Crippen LogP contribution is 2.29. The SMILES string of the molecule is CCc1ccc(NS(=O)(=O)c2ccc(-c3onc(C)c3C)o2)cc1. The Hall–Kier alpha value is -2.54. The maximum atomic E-state index is 12.4. The zero-order valence-electron chi connectivity index (χ0n) is 13.7. The normalized spacial score (nSPS) is 11.6. The van der Waals surface area contributed by atoms with Crippen LogP contribution in [-0.2, 0) is 16.4 Å². The monoisotopic (exact) mass is 346 g/mol. The second kappa shape index (κ2) is 6.16. The lowest BCUT2D eigenvalue weighted by atomic mass is 10.2. The summed E-state index contributed by atoms with van der Waals surface area (Å²) < 4.78 is 38.0. The highest BCUT2D eigenvalue weighted by atomic mass is 32.2. The van der Waals surface area contributed by atoms with Gasteiger partial charge in [-0.2, -0.15) is 8.42 Å². The van der Waals surface area contributed by atoms with Crippen molar-refractivity contribution in [3.8, 4) is 11.5 Å². The molecule has 0 unspecified atom stereocenters. The fraction of sp³-hybridized carbons (Fsp3) is 0.235. The van der Waals surface area contributed by atoms with Gasteiger partial charge in [-0.25, -0.2) is 0 Å². The van der Waals surface area contributed by atoms with Crippen LogP contribution in [0.1, 0.15) is 23.7 Å². The van der Waals surface area contributed by atoms with Crippen molar-refractivity contribution in [1.29, 1.82) is 0 Å². The van der Waals surface area contributed by atoms with Gasteiger partial charge in [0.15, 0.2) is 5.76 Å². The van der Waals surface area contributed by atoms with E-state index >= 15 is 0 Å². The van der Waals surface area contributed by atoms with E-state index in [0.717, 1.165) is 23.2 Å². The fourth-order valence-corrected chi connectivity index (χ4v) is 3.24. The number of benzene rings is 1. The van der Waals surface area contributed by atoms with Crippen molar-refractivity contribution in [1.82, 2.24) is 5.16 Å². The van der Waals surface area contributed by atoms with Gasteiger partial charge in [-0.3, -0.25) is 4.72 Å². The van der Waals surface area contributed by atoms with Crippen LogP contribution in [0.5, 0.6) is 0 Å². The molecular weight excluding hydrogens is 328 g/mol. The molecule has 3 rings (SSSR count). The van der Waals surface area contributed by atoms with Crippen LogP contribution in [0, 0.1) is 13.8 Å². The smallest absolute Gasteiger partial charge is 0.295 e. The molecule has 0 aliphatic rings. The third-order valence-electron chi connectivity index (χ3n) is 3.84. The summed E-state index contributed by atoms with van der Waals surface area (Å²) in [4.78, 5) is 0. The van der Waals surface area contributed by atoms with Crippen molar-refractivity contribution in [2.24, 2.45) is 0 Å². The zero-order valence-corrected chi connectivity index (χ0v) is 14.5. The van der Waals surface area contributed by atoms with Gasteiger partial charge in [-0.05, 0) is 50.1 Å². The molecular formula is C17H18N2O4S. The number of nitrogens with zero attached hydrogens (tertiary/aromatic N) is 1. The number of furan rings is 1. The van der Waals surface area contributed by atoms with E-state index < -0.39 is 10.0 Å². The van der Waals surface area contributed by atoms with E-state index in [0.29, 0.717) is 17.2 Å². The largest absolute Gasteiger partial charge is 0.439 e. The topological polar surface area (TPSA) is 85.3 Å². The second-order valence-corrected chi connectivity index (χ2v) is 7.11. The van der Waals surface area contributed by atoms with Gasteiger partial charge in [0, 0.05) is 11.3 Å². The molecule has 2 aromatic heterocycles. The van der Waals surface area contributed by atoms with Gasteiger partial charge in [0.2, 0.25) is 10.9 Å². The van der Waals surface area contributed by atoms with Gasteiger partial charge in [-0.15, -0.1) is 0 Å². The second-order valence-electron chi connectivity index (χ2n) is 5.50. The Morgan fingerprint density at radius 3 is 2.38 bits per heavy atom. The highest BCUT2D eigenvalue weighted by molar-refractivity contribution is 7.92. The first kappa shape index (κ1) is 16.3. The molecule has 0 saturated heterocycles. The Kier molecular flexibility index (Phi) is 4.19. The van der Waals surface area contributed by atoms with E-state index in [9.17, 15) is 8.42 Å². The van der Waals surface area contributed by atoms with Crippen LogP contribution in [0.25, 0.3) is 11.5 Å². The molecule has 0 radical (unpaired) electrons. The van der Waals surface area contributed by atoms with Crippen LogP contribution in [0.15, 0.2) is 50.4 Å².